The van der Waals surface area contributed by atoms with Crippen molar-refractivity contribution in [3.05, 3.63) is 22.7 Å². The Labute approximate surface area is 67.6 Å². The van der Waals surface area contributed by atoms with Crippen molar-refractivity contribution in [3.63, 3.8) is 0 Å². The molecule has 5 heteroatoms. The van der Waals surface area contributed by atoms with Crippen molar-refractivity contribution in [2.24, 2.45) is 0 Å². The monoisotopic (exact) mass is 176 g/mol. The van der Waals surface area contributed by atoms with Crippen LogP contribution in [0.15, 0.2) is 6.20 Å². The Kier molecular flexibility index (Phi) is 2.26. The maximum absolute atomic E-state index is 12.7. The van der Waals surface area contributed by atoms with E-state index in [9.17, 15) is 4.39 Å². The molecule has 60 valence electrons. The molecule has 1 aromatic rings. The van der Waals surface area contributed by atoms with Crippen molar-refractivity contribution < 1.29 is 9.50 Å². The van der Waals surface area contributed by atoms with Crippen LogP contribution in [0.25, 0.3) is 0 Å². The van der Waals surface area contributed by atoms with Gasteiger partial charge in [-0.1, -0.05) is 11.6 Å². The minimum Gasteiger partial charge on any atom is -0.396 e. The Morgan fingerprint density at radius 3 is 2.91 bits per heavy atom. The zero-order valence-corrected chi connectivity index (χ0v) is 6.27. The van der Waals surface area contributed by atoms with Crippen LogP contribution < -0.4 is 5.73 Å². The first-order valence-corrected chi connectivity index (χ1v) is 3.23. The lowest BCUT2D eigenvalue weighted by molar-refractivity contribution is 0.281. The lowest BCUT2D eigenvalue weighted by Gasteiger charge is -2.02. The molecule has 0 unspecified atom stereocenters. The Morgan fingerprint density at radius 1 is 1.73 bits per heavy atom. The number of aliphatic hydroxyl groups is 1. The minimum absolute atomic E-state index is 0.146. The van der Waals surface area contributed by atoms with Gasteiger partial charge in [0.1, 0.15) is 0 Å². The molecule has 0 aliphatic carbocycles. The molecule has 0 fully saturated rings. The van der Waals surface area contributed by atoms with Gasteiger partial charge in [0, 0.05) is 11.8 Å². The standard InChI is InChI=1S/C6H6ClFN2O/c7-6-4(8)5(9)3(2-11)1-10-6/h1,11H,2H2,(H2,9,10). The third-order valence-corrected chi connectivity index (χ3v) is 1.53. The number of nitrogens with zero attached hydrogens (tertiary/aromatic N) is 1. The summed E-state index contributed by atoms with van der Waals surface area (Å²) >= 11 is 5.30. The van der Waals surface area contributed by atoms with Crippen LogP contribution in [0, 0.1) is 5.82 Å². The molecular weight excluding hydrogens is 171 g/mol. The molecule has 1 aromatic heterocycles. The SMILES string of the molecule is Nc1c(CO)cnc(Cl)c1F. The molecular formula is C6H6ClFN2O. The van der Waals surface area contributed by atoms with E-state index in [0.717, 1.165) is 0 Å². The average Bonchev–Trinajstić information content (AvgIpc) is 2.01. The molecule has 0 atom stereocenters. The number of aliphatic hydroxyl groups excluding tert-OH is 1. The maximum atomic E-state index is 12.7. The molecule has 0 aliphatic heterocycles. The Balaban J connectivity index is 3.25. The first-order valence-electron chi connectivity index (χ1n) is 2.86. The number of rotatable bonds is 1. The van der Waals surface area contributed by atoms with E-state index >= 15 is 0 Å². The molecule has 0 saturated carbocycles. The Morgan fingerprint density at radius 2 is 2.36 bits per heavy atom. The number of hydrogen-bond donors (Lipinski definition) is 2. The van der Waals surface area contributed by atoms with Gasteiger partial charge < -0.3 is 10.8 Å². The third kappa shape index (κ3) is 1.41. The molecule has 0 radical (unpaired) electrons. The summed E-state index contributed by atoms with van der Waals surface area (Å²) in [5.74, 6) is -0.779. The molecule has 1 rings (SSSR count). The summed E-state index contributed by atoms with van der Waals surface area (Å²) in [7, 11) is 0. The smallest absolute Gasteiger partial charge is 0.183 e. The molecule has 3 nitrogen and oxygen atoms in total. The van der Waals surface area contributed by atoms with Crippen LogP contribution >= 0.6 is 11.6 Å². The fraction of sp³-hybridized carbons (Fsp3) is 0.167. The van der Waals surface area contributed by atoms with Crippen molar-refractivity contribution >= 4 is 17.3 Å². The van der Waals surface area contributed by atoms with Crippen LogP contribution in [0.5, 0.6) is 0 Å². The summed E-state index contributed by atoms with van der Waals surface area (Å²) in [5.41, 5.74) is 5.33. The van der Waals surface area contributed by atoms with E-state index < -0.39 is 5.82 Å². The van der Waals surface area contributed by atoms with Crippen molar-refractivity contribution in [1.29, 1.82) is 0 Å². The highest BCUT2D eigenvalue weighted by atomic mass is 35.5. The summed E-state index contributed by atoms with van der Waals surface area (Å²) in [5, 5.41) is 8.33. The van der Waals surface area contributed by atoms with Gasteiger partial charge in [-0.15, -0.1) is 0 Å². The van der Waals surface area contributed by atoms with Gasteiger partial charge >= 0.3 is 0 Å². The zero-order chi connectivity index (χ0) is 8.43. The van der Waals surface area contributed by atoms with Crippen molar-refractivity contribution in [2.75, 3.05) is 5.73 Å². The predicted molar refractivity (Wildman–Crippen MR) is 39.5 cm³/mol. The number of hydrogen-bond acceptors (Lipinski definition) is 3. The normalized spacial score (nSPS) is 10.1. The van der Waals surface area contributed by atoms with E-state index in [1.54, 1.807) is 0 Å². The summed E-state index contributed by atoms with van der Waals surface area (Å²) < 4.78 is 12.7. The molecule has 0 spiro atoms. The van der Waals surface area contributed by atoms with Gasteiger partial charge in [-0.2, -0.15) is 0 Å². The quantitative estimate of drug-likeness (QED) is 0.627. The summed E-state index contributed by atoms with van der Waals surface area (Å²) in [4.78, 5) is 3.46. The predicted octanol–water partition coefficient (Wildman–Crippen LogP) is 0.949. The number of pyridine rings is 1. The van der Waals surface area contributed by atoms with Crippen LogP contribution in [0.1, 0.15) is 5.56 Å². The van der Waals surface area contributed by atoms with E-state index in [2.05, 4.69) is 4.98 Å². The Bertz CT molecular complexity index is 280. The van der Waals surface area contributed by atoms with Gasteiger partial charge in [0.2, 0.25) is 0 Å². The van der Waals surface area contributed by atoms with Crippen LogP contribution in [0.3, 0.4) is 0 Å². The second-order valence-corrected chi connectivity index (χ2v) is 2.32. The first-order chi connectivity index (χ1) is 5.16. The Hall–Kier alpha value is -0.870. The largest absolute Gasteiger partial charge is 0.396 e. The lowest BCUT2D eigenvalue weighted by atomic mass is 10.2. The molecule has 0 saturated heterocycles. The molecule has 0 aromatic carbocycles. The molecule has 3 N–H and O–H groups in total. The summed E-state index contributed by atoms with van der Waals surface area (Å²) in [6, 6.07) is 0. The van der Waals surface area contributed by atoms with Gasteiger partial charge in [0.05, 0.1) is 12.3 Å². The van der Waals surface area contributed by atoms with Gasteiger partial charge in [-0.05, 0) is 0 Å². The van der Waals surface area contributed by atoms with Crippen LogP contribution in [0.4, 0.5) is 10.1 Å². The van der Waals surface area contributed by atoms with Gasteiger partial charge in [0.15, 0.2) is 11.0 Å². The fourth-order valence-electron chi connectivity index (χ4n) is 0.639. The highest BCUT2D eigenvalue weighted by Crippen LogP contribution is 2.20. The molecule has 11 heavy (non-hydrogen) atoms. The van der Waals surface area contributed by atoms with Gasteiger partial charge in [-0.3, -0.25) is 0 Å². The van der Waals surface area contributed by atoms with Crippen molar-refractivity contribution in [1.82, 2.24) is 4.98 Å². The number of nitrogens with two attached hydrogens (primary N) is 1. The third-order valence-electron chi connectivity index (χ3n) is 1.27. The minimum atomic E-state index is -0.779. The van der Waals surface area contributed by atoms with E-state index in [4.69, 9.17) is 22.4 Å². The summed E-state index contributed by atoms with van der Waals surface area (Å²) in [6.45, 7) is -0.340. The fourth-order valence-corrected chi connectivity index (χ4v) is 0.789. The molecule has 0 aliphatic rings. The highest BCUT2D eigenvalue weighted by molar-refractivity contribution is 6.29. The second kappa shape index (κ2) is 3.02. The molecule has 1 heterocycles. The number of anilines is 1. The molecule has 0 amide bonds. The first kappa shape index (κ1) is 8.23. The van der Waals surface area contributed by atoms with Crippen LogP contribution in [-0.4, -0.2) is 10.1 Å². The van der Waals surface area contributed by atoms with E-state index in [1.807, 2.05) is 0 Å². The van der Waals surface area contributed by atoms with Crippen molar-refractivity contribution in [3.8, 4) is 0 Å². The van der Waals surface area contributed by atoms with E-state index in [1.165, 1.54) is 6.20 Å². The number of aromatic nitrogens is 1. The molecule has 0 bridgehead atoms. The van der Waals surface area contributed by atoms with E-state index in [-0.39, 0.29) is 23.0 Å². The van der Waals surface area contributed by atoms with E-state index in [0.29, 0.717) is 0 Å². The van der Waals surface area contributed by atoms with Crippen LogP contribution in [-0.2, 0) is 6.61 Å². The van der Waals surface area contributed by atoms with Crippen molar-refractivity contribution in [2.45, 2.75) is 6.61 Å². The highest BCUT2D eigenvalue weighted by Gasteiger charge is 2.08. The van der Waals surface area contributed by atoms with Crippen LogP contribution in [0.2, 0.25) is 5.15 Å². The average molecular weight is 177 g/mol. The second-order valence-electron chi connectivity index (χ2n) is 1.96. The topological polar surface area (TPSA) is 59.1 Å². The zero-order valence-electron chi connectivity index (χ0n) is 5.51. The van der Waals surface area contributed by atoms with Gasteiger partial charge in [0.25, 0.3) is 0 Å². The van der Waals surface area contributed by atoms with Gasteiger partial charge in [-0.25, -0.2) is 9.37 Å². The lowest BCUT2D eigenvalue weighted by Crippen LogP contribution is -2.00. The number of nitrogen functional groups attached to an aromatic ring is 1. The maximum Gasteiger partial charge on any atom is 0.183 e. The summed E-state index contributed by atoms with van der Waals surface area (Å²) in [6.07, 6.45) is 1.24. The number of halogens is 2.